The Morgan fingerprint density at radius 3 is 2.19 bits per heavy atom. The minimum absolute atomic E-state index is 0.118. The lowest BCUT2D eigenvalue weighted by Gasteiger charge is -2.39. The zero-order valence-corrected chi connectivity index (χ0v) is 13.9. The van der Waals surface area contributed by atoms with Gasteiger partial charge in [0.2, 0.25) is 11.8 Å². The van der Waals surface area contributed by atoms with Crippen LogP contribution in [-0.2, 0) is 19.8 Å². The smallest absolute Gasteiger partial charge is 0.405 e. The maximum absolute atomic E-state index is 12.1. The molecule has 0 unspecified atom stereocenters. The van der Waals surface area contributed by atoms with Crippen molar-refractivity contribution in [2.24, 2.45) is 0 Å². The van der Waals surface area contributed by atoms with E-state index in [2.05, 4.69) is 0 Å². The number of nitrogens with one attached hydrogen (secondary N) is 1. The summed E-state index contributed by atoms with van der Waals surface area (Å²) in [6.07, 6.45) is -4.90. The van der Waals surface area contributed by atoms with Crippen LogP contribution in [0.15, 0.2) is 30.3 Å². The van der Waals surface area contributed by atoms with Gasteiger partial charge in [-0.2, -0.15) is 13.2 Å². The quantitative estimate of drug-likeness (QED) is 0.771. The van der Waals surface area contributed by atoms with Crippen molar-refractivity contribution in [2.75, 3.05) is 19.6 Å². The molecule has 0 aliphatic carbocycles. The number of rotatable bonds is 5. The van der Waals surface area contributed by atoms with Gasteiger partial charge in [-0.25, -0.2) is 0 Å². The fraction of sp³-hybridized carbons (Fsp3) is 0.471. The maximum atomic E-state index is 12.1. The molecule has 0 atom stereocenters. The van der Waals surface area contributed by atoms with Crippen LogP contribution in [0.4, 0.5) is 13.2 Å². The van der Waals surface area contributed by atoms with Crippen molar-refractivity contribution >= 4 is 17.8 Å². The molecule has 0 spiro atoms. The lowest BCUT2D eigenvalue weighted by molar-refractivity contribution is -0.149. The van der Waals surface area contributed by atoms with Gasteiger partial charge in [0.25, 0.3) is 0 Å². The molecule has 1 aliphatic heterocycles. The average Bonchev–Trinajstić information content (AvgIpc) is 2.60. The van der Waals surface area contributed by atoms with Crippen LogP contribution in [0, 0.1) is 0 Å². The van der Waals surface area contributed by atoms with Gasteiger partial charge >= 0.3 is 12.1 Å². The van der Waals surface area contributed by atoms with Crippen LogP contribution < -0.4 is 5.32 Å². The summed E-state index contributed by atoms with van der Waals surface area (Å²) in [7, 11) is 0. The number of alkyl halides is 3. The highest BCUT2D eigenvalue weighted by molar-refractivity contribution is 5.97. The number of carbonyl (C=O) groups excluding carboxylic acids is 2. The predicted octanol–water partition coefficient (Wildman–Crippen LogP) is 1.70. The Morgan fingerprint density at radius 2 is 1.69 bits per heavy atom. The molecule has 26 heavy (non-hydrogen) atoms. The van der Waals surface area contributed by atoms with Crippen LogP contribution in [0.5, 0.6) is 0 Å². The molecule has 1 aromatic carbocycles. The zero-order chi connectivity index (χ0) is 19.4. The Balaban J connectivity index is 1.95. The van der Waals surface area contributed by atoms with E-state index in [9.17, 15) is 32.7 Å². The Hall–Kier alpha value is -2.58. The summed E-state index contributed by atoms with van der Waals surface area (Å²) in [5.41, 5.74) is -0.473. The number of carbonyl (C=O) groups is 3. The number of piperidine rings is 1. The Labute approximate surface area is 148 Å². The van der Waals surface area contributed by atoms with Gasteiger partial charge in [0.15, 0.2) is 0 Å². The molecule has 0 bridgehead atoms. The third kappa shape index (κ3) is 4.74. The van der Waals surface area contributed by atoms with E-state index in [-0.39, 0.29) is 25.9 Å². The highest BCUT2D eigenvalue weighted by atomic mass is 19.4. The Morgan fingerprint density at radius 1 is 1.12 bits per heavy atom. The first kappa shape index (κ1) is 19.7. The van der Waals surface area contributed by atoms with Gasteiger partial charge in [0, 0.05) is 13.1 Å². The molecule has 0 radical (unpaired) electrons. The average molecular weight is 372 g/mol. The normalized spacial score (nSPS) is 16.8. The van der Waals surface area contributed by atoms with Crippen molar-refractivity contribution in [1.82, 2.24) is 10.2 Å². The molecular formula is C17H19F3N2O4. The van der Waals surface area contributed by atoms with E-state index in [0.717, 1.165) is 0 Å². The van der Waals surface area contributed by atoms with Crippen molar-refractivity contribution in [3.63, 3.8) is 0 Å². The van der Waals surface area contributed by atoms with Gasteiger partial charge in [-0.15, -0.1) is 0 Å². The number of aliphatic carboxylic acids is 1. The molecule has 142 valence electrons. The third-order valence-electron chi connectivity index (χ3n) is 4.50. The topological polar surface area (TPSA) is 86.7 Å². The number of amides is 2. The number of likely N-dealkylation sites (tertiary alicyclic amines) is 1. The number of halogens is 3. The molecule has 2 rings (SSSR count). The number of carboxylic acids is 1. The summed E-state index contributed by atoms with van der Waals surface area (Å²) in [5.74, 6) is -2.61. The molecule has 1 aliphatic rings. The highest BCUT2D eigenvalue weighted by Crippen LogP contribution is 2.36. The fourth-order valence-electron chi connectivity index (χ4n) is 3.03. The zero-order valence-electron chi connectivity index (χ0n) is 13.9. The van der Waals surface area contributed by atoms with Crippen molar-refractivity contribution < 1.29 is 32.7 Å². The van der Waals surface area contributed by atoms with E-state index >= 15 is 0 Å². The van der Waals surface area contributed by atoms with Crippen molar-refractivity contribution in [2.45, 2.75) is 30.9 Å². The molecule has 9 heteroatoms. The number of carboxylic acid groups (broad SMARTS) is 1. The second-order valence-electron chi connectivity index (χ2n) is 6.20. The molecule has 1 heterocycles. The molecule has 1 fully saturated rings. The van der Waals surface area contributed by atoms with E-state index in [4.69, 9.17) is 0 Å². The largest absolute Gasteiger partial charge is 0.481 e. The van der Waals surface area contributed by atoms with E-state index in [1.54, 1.807) is 35.6 Å². The number of benzene rings is 1. The summed E-state index contributed by atoms with van der Waals surface area (Å²) in [6.45, 7) is -1.26. The first-order valence-corrected chi connectivity index (χ1v) is 8.04. The minimum Gasteiger partial charge on any atom is -0.481 e. The molecule has 1 saturated heterocycles. The highest BCUT2D eigenvalue weighted by Gasteiger charge is 2.43. The first-order valence-electron chi connectivity index (χ1n) is 8.04. The van der Waals surface area contributed by atoms with E-state index in [1.165, 1.54) is 4.90 Å². The van der Waals surface area contributed by atoms with Gasteiger partial charge < -0.3 is 15.3 Å². The molecule has 6 nitrogen and oxygen atoms in total. The van der Waals surface area contributed by atoms with Crippen molar-refractivity contribution in [1.29, 1.82) is 0 Å². The molecule has 2 N–H and O–H groups in total. The lowest BCUT2D eigenvalue weighted by Crippen LogP contribution is -2.49. The van der Waals surface area contributed by atoms with Crippen LogP contribution in [0.25, 0.3) is 0 Å². The SMILES string of the molecule is O=C(CC(=O)N1CCC(C(=O)O)(c2ccccc2)CC1)NCC(F)(F)F. The summed E-state index contributed by atoms with van der Waals surface area (Å²) < 4.78 is 36.2. The third-order valence-corrected chi connectivity index (χ3v) is 4.50. The summed E-state index contributed by atoms with van der Waals surface area (Å²) in [6, 6.07) is 8.69. The number of hydrogen-bond donors (Lipinski definition) is 2. The first-order chi connectivity index (χ1) is 12.1. The van der Waals surface area contributed by atoms with E-state index in [1.807, 2.05) is 0 Å². The molecule has 0 aromatic heterocycles. The maximum Gasteiger partial charge on any atom is 0.405 e. The van der Waals surface area contributed by atoms with Gasteiger partial charge in [-0.05, 0) is 18.4 Å². The number of hydrogen-bond acceptors (Lipinski definition) is 3. The second kappa shape index (κ2) is 7.76. The lowest BCUT2D eigenvalue weighted by atomic mass is 9.73. The molecule has 2 amide bonds. The Kier molecular flexibility index (Phi) is 5.89. The van der Waals surface area contributed by atoms with Crippen LogP contribution in [0.3, 0.4) is 0 Å². The van der Waals surface area contributed by atoms with Crippen LogP contribution >= 0.6 is 0 Å². The monoisotopic (exact) mass is 372 g/mol. The number of nitrogens with zero attached hydrogens (tertiary/aromatic N) is 1. The van der Waals surface area contributed by atoms with Crippen molar-refractivity contribution in [3.8, 4) is 0 Å². The summed E-state index contributed by atoms with van der Waals surface area (Å²) in [4.78, 5) is 36.7. The van der Waals surface area contributed by atoms with Gasteiger partial charge in [-0.1, -0.05) is 30.3 Å². The summed E-state index contributed by atoms with van der Waals surface area (Å²) in [5, 5.41) is 11.3. The van der Waals surface area contributed by atoms with E-state index < -0.39 is 42.3 Å². The van der Waals surface area contributed by atoms with Crippen molar-refractivity contribution in [3.05, 3.63) is 35.9 Å². The van der Waals surface area contributed by atoms with Crippen LogP contribution in [-0.4, -0.2) is 53.6 Å². The summed E-state index contributed by atoms with van der Waals surface area (Å²) >= 11 is 0. The fourth-order valence-corrected chi connectivity index (χ4v) is 3.03. The Bertz CT molecular complexity index is 668. The van der Waals surface area contributed by atoms with Gasteiger partial charge in [0.05, 0.1) is 5.41 Å². The van der Waals surface area contributed by atoms with Crippen LogP contribution in [0.2, 0.25) is 0 Å². The molecular weight excluding hydrogens is 353 g/mol. The standard InChI is InChI=1S/C17H19F3N2O4/c18-17(19,20)11-21-13(23)10-14(24)22-8-6-16(7-9-22,15(25)26)12-4-2-1-3-5-12/h1-5H,6-11H2,(H,21,23)(H,25,26). The molecule has 0 saturated carbocycles. The minimum atomic E-state index is -4.54. The predicted molar refractivity (Wildman–Crippen MR) is 85.3 cm³/mol. The van der Waals surface area contributed by atoms with E-state index in [0.29, 0.717) is 5.56 Å². The van der Waals surface area contributed by atoms with Crippen LogP contribution in [0.1, 0.15) is 24.8 Å². The molecule has 1 aromatic rings. The second-order valence-corrected chi connectivity index (χ2v) is 6.20. The van der Waals surface area contributed by atoms with Gasteiger partial charge in [-0.3, -0.25) is 14.4 Å². The van der Waals surface area contributed by atoms with Gasteiger partial charge in [0.1, 0.15) is 13.0 Å².